The summed E-state index contributed by atoms with van der Waals surface area (Å²) < 4.78 is 0. The summed E-state index contributed by atoms with van der Waals surface area (Å²) in [4.78, 5) is 30.2. The SMILES string of the molecule is CCN1C(=O)/C(=C\c2ccc(C)c([N+](=O)[O-])c2)SC1=Nc1cccc(Cl)c1C. The van der Waals surface area contributed by atoms with Gasteiger partial charge in [-0.05, 0) is 61.9 Å². The average Bonchev–Trinajstić information content (AvgIpc) is 2.94. The summed E-state index contributed by atoms with van der Waals surface area (Å²) in [6.07, 6.45) is 1.66. The largest absolute Gasteiger partial charge is 0.287 e. The third-order valence-electron chi connectivity index (χ3n) is 4.39. The predicted molar refractivity (Wildman–Crippen MR) is 114 cm³/mol. The van der Waals surface area contributed by atoms with E-state index in [-0.39, 0.29) is 11.6 Å². The van der Waals surface area contributed by atoms with Crippen molar-refractivity contribution in [3.63, 3.8) is 0 Å². The summed E-state index contributed by atoms with van der Waals surface area (Å²) in [7, 11) is 0. The van der Waals surface area contributed by atoms with E-state index in [4.69, 9.17) is 11.6 Å². The normalized spacial score (nSPS) is 17.0. The van der Waals surface area contributed by atoms with Crippen LogP contribution in [0, 0.1) is 24.0 Å². The van der Waals surface area contributed by atoms with Crippen LogP contribution >= 0.6 is 23.4 Å². The van der Waals surface area contributed by atoms with Crippen LogP contribution < -0.4 is 0 Å². The minimum atomic E-state index is -0.423. The van der Waals surface area contributed by atoms with Crippen LogP contribution in [0.1, 0.15) is 23.6 Å². The molecule has 1 amide bonds. The van der Waals surface area contributed by atoms with Gasteiger partial charge in [-0.2, -0.15) is 0 Å². The van der Waals surface area contributed by atoms with Gasteiger partial charge in [0.1, 0.15) is 0 Å². The third kappa shape index (κ3) is 3.95. The molecule has 1 heterocycles. The van der Waals surface area contributed by atoms with Gasteiger partial charge < -0.3 is 0 Å². The summed E-state index contributed by atoms with van der Waals surface area (Å²) in [5.74, 6) is -0.172. The highest BCUT2D eigenvalue weighted by molar-refractivity contribution is 8.18. The molecular formula is C20H18ClN3O3S. The number of nitrogens with zero attached hydrogens (tertiary/aromatic N) is 3. The van der Waals surface area contributed by atoms with E-state index in [1.165, 1.54) is 17.8 Å². The van der Waals surface area contributed by atoms with Gasteiger partial charge in [-0.3, -0.25) is 19.8 Å². The second-order valence-corrected chi connectivity index (χ2v) is 7.66. The topological polar surface area (TPSA) is 75.8 Å². The molecule has 2 aromatic carbocycles. The molecule has 144 valence electrons. The second kappa shape index (κ2) is 8.16. The van der Waals surface area contributed by atoms with Crippen molar-refractivity contribution >= 4 is 51.9 Å². The highest BCUT2D eigenvalue weighted by Gasteiger charge is 2.32. The molecule has 0 aliphatic carbocycles. The lowest BCUT2D eigenvalue weighted by Gasteiger charge is -2.12. The van der Waals surface area contributed by atoms with E-state index >= 15 is 0 Å². The first-order valence-corrected chi connectivity index (χ1v) is 9.81. The predicted octanol–water partition coefficient (Wildman–Crippen LogP) is 5.49. The minimum Gasteiger partial charge on any atom is -0.287 e. The minimum absolute atomic E-state index is 0.0283. The number of hydrogen-bond donors (Lipinski definition) is 0. The van der Waals surface area contributed by atoms with Gasteiger partial charge in [-0.25, -0.2) is 4.99 Å². The van der Waals surface area contributed by atoms with E-state index < -0.39 is 4.92 Å². The van der Waals surface area contributed by atoms with Gasteiger partial charge in [-0.1, -0.05) is 29.8 Å². The first kappa shape index (κ1) is 20.1. The molecule has 1 aliphatic heterocycles. The lowest BCUT2D eigenvalue weighted by molar-refractivity contribution is -0.385. The Balaban J connectivity index is 1.99. The molecule has 0 atom stereocenters. The number of nitro groups is 1. The summed E-state index contributed by atoms with van der Waals surface area (Å²) in [6, 6.07) is 10.4. The Morgan fingerprint density at radius 2 is 2.04 bits per heavy atom. The molecule has 1 saturated heterocycles. The number of carbonyl (C=O) groups is 1. The molecule has 0 unspecified atom stereocenters. The molecule has 6 nitrogen and oxygen atoms in total. The quantitative estimate of drug-likeness (QED) is 0.376. The fourth-order valence-corrected chi connectivity index (χ4v) is 3.98. The average molecular weight is 416 g/mol. The van der Waals surface area contributed by atoms with Crippen molar-refractivity contribution in [1.29, 1.82) is 0 Å². The number of carbonyl (C=O) groups excluding carboxylic acids is 1. The first-order valence-electron chi connectivity index (χ1n) is 8.62. The molecule has 1 aliphatic rings. The number of likely N-dealkylation sites (N-methyl/N-ethyl adjacent to an activating group) is 1. The molecule has 28 heavy (non-hydrogen) atoms. The van der Waals surface area contributed by atoms with Gasteiger partial charge in [0.2, 0.25) is 0 Å². The molecule has 0 radical (unpaired) electrons. The second-order valence-electron chi connectivity index (χ2n) is 6.24. The molecule has 8 heteroatoms. The van der Waals surface area contributed by atoms with Gasteiger partial charge in [0.05, 0.1) is 15.5 Å². The van der Waals surface area contributed by atoms with Crippen LogP contribution in [-0.2, 0) is 4.79 Å². The summed E-state index contributed by atoms with van der Waals surface area (Å²) in [5.41, 5.74) is 2.75. The van der Waals surface area contributed by atoms with E-state index in [9.17, 15) is 14.9 Å². The Bertz CT molecular complexity index is 1030. The van der Waals surface area contributed by atoms with Crippen molar-refractivity contribution in [2.24, 2.45) is 4.99 Å². The number of hydrogen-bond acceptors (Lipinski definition) is 5. The fourth-order valence-electron chi connectivity index (χ4n) is 2.75. The number of rotatable bonds is 4. The zero-order valence-electron chi connectivity index (χ0n) is 15.6. The molecule has 1 fully saturated rings. The molecule has 0 N–H and O–H groups in total. The Labute approximate surface area is 172 Å². The first-order chi connectivity index (χ1) is 13.3. The Kier molecular flexibility index (Phi) is 5.86. The molecule has 2 aromatic rings. The maximum Gasteiger partial charge on any atom is 0.272 e. The highest BCUT2D eigenvalue weighted by atomic mass is 35.5. The van der Waals surface area contributed by atoms with Crippen LogP contribution in [0.5, 0.6) is 0 Å². The van der Waals surface area contributed by atoms with Crippen molar-refractivity contribution in [3.8, 4) is 0 Å². The summed E-state index contributed by atoms with van der Waals surface area (Å²) in [5, 5.41) is 12.3. The number of aliphatic imine (C=N–C) groups is 1. The number of benzene rings is 2. The number of aryl methyl sites for hydroxylation is 1. The van der Waals surface area contributed by atoms with Crippen LogP contribution in [0.3, 0.4) is 0 Å². The Hall–Kier alpha value is -2.64. The van der Waals surface area contributed by atoms with E-state index in [1.54, 1.807) is 36.1 Å². The van der Waals surface area contributed by atoms with Crippen LogP contribution in [0.2, 0.25) is 5.02 Å². The van der Waals surface area contributed by atoms with Gasteiger partial charge in [-0.15, -0.1) is 0 Å². The van der Waals surface area contributed by atoms with Crippen molar-refractivity contribution in [2.75, 3.05) is 6.54 Å². The van der Waals surface area contributed by atoms with Crippen molar-refractivity contribution in [2.45, 2.75) is 20.8 Å². The number of amides is 1. The molecule has 0 spiro atoms. The van der Waals surface area contributed by atoms with Gasteiger partial charge >= 0.3 is 0 Å². The summed E-state index contributed by atoms with van der Waals surface area (Å²) in [6.45, 7) is 5.90. The van der Waals surface area contributed by atoms with Crippen LogP contribution in [0.25, 0.3) is 6.08 Å². The number of thioether (sulfide) groups is 1. The van der Waals surface area contributed by atoms with Crippen LogP contribution in [0.4, 0.5) is 11.4 Å². The van der Waals surface area contributed by atoms with E-state index in [0.29, 0.717) is 38.5 Å². The zero-order valence-corrected chi connectivity index (χ0v) is 17.2. The van der Waals surface area contributed by atoms with Crippen molar-refractivity contribution < 1.29 is 9.72 Å². The highest BCUT2D eigenvalue weighted by Crippen LogP contribution is 2.36. The molecular weight excluding hydrogens is 398 g/mol. The Morgan fingerprint density at radius 3 is 2.71 bits per heavy atom. The van der Waals surface area contributed by atoms with Crippen LogP contribution in [-0.4, -0.2) is 27.4 Å². The van der Waals surface area contributed by atoms with Gasteiger partial charge in [0.15, 0.2) is 5.17 Å². The Morgan fingerprint density at radius 1 is 1.29 bits per heavy atom. The third-order valence-corrected chi connectivity index (χ3v) is 5.80. The van der Waals surface area contributed by atoms with E-state index in [1.807, 2.05) is 26.0 Å². The van der Waals surface area contributed by atoms with Crippen LogP contribution in [0.15, 0.2) is 46.3 Å². The number of amidine groups is 1. The standard InChI is InChI=1S/C20H18ClN3O3S/c1-4-23-19(25)18(11-14-9-8-12(2)17(10-14)24(26)27)28-20(23)22-16-7-5-6-15(21)13(16)3/h5-11H,4H2,1-3H3/b18-11+,22-20?. The molecule has 0 saturated carbocycles. The van der Waals surface area contributed by atoms with E-state index in [2.05, 4.69) is 4.99 Å². The molecule has 0 bridgehead atoms. The maximum absolute atomic E-state index is 12.8. The van der Waals surface area contributed by atoms with Gasteiger partial charge in [0.25, 0.3) is 11.6 Å². The smallest absolute Gasteiger partial charge is 0.272 e. The lowest BCUT2D eigenvalue weighted by Crippen LogP contribution is -2.28. The maximum atomic E-state index is 12.8. The molecule has 3 rings (SSSR count). The lowest BCUT2D eigenvalue weighted by atomic mass is 10.1. The fraction of sp³-hybridized carbons (Fsp3) is 0.200. The van der Waals surface area contributed by atoms with Gasteiger partial charge in [0, 0.05) is 23.2 Å². The van der Waals surface area contributed by atoms with Crippen molar-refractivity contribution in [1.82, 2.24) is 4.90 Å². The monoisotopic (exact) mass is 415 g/mol. The van der Waals surface area contributed by atoms with Crippen molar-refractivity contribution in [3.05, 3.63) is 73.1 Å². The van der Waals surface area contributed by atoms with E-state index in [0.717, 1.165) is 5.56 Å². The number of halogens is 1. The number of nitro benzene ring substituents is 1. The zero-order chi connectivity index (χ0) is 20.4. The summed E-state index contributed by atoms with van der Waals surface area (Å²) >= 11 is 7.41. The molecule has 0 aromatic heterocycles.